The van der Waals surface area contributed by atoms with Gasteiger partial charge in [0, 0.05) is 12.6 Å². The van der Waals surface area contributed by atoms with Crippen LogP contribution in [0.15, 0.2) is 24.3 Å². The van der Waals surface area contributed by atoms with E-state index in [0.717, 1.165) is 4.31 Å². The van der Waals surface area contributed by atoms with Crippen LogP contribution in [0.25, 0.3) is 0 Å². The zero-order valence-electron chi connectivity index (χ0n) is 7.71. The Morgan fingerprint density at radius 2 is 2.14 bits per heavy atom. The quantitative estimate of drug-likeness (QED) is 0.768. The second-order valence-corrected chi connectivity index (χ2v) is 4.20. The Labute approximate surface area is 83.0 Å². The molecule has 1 aromatic carbocycles. The van der Waals surface area contributed by atoms with Crippen molar-refractivity contribution in [3.05, 3.63) is 24.3 Å². The van der Waals surface area contributed by atoms with Crippen molar-refractivity contribution in [3.8, 4) is 5.75 Å². The summed E-state index contributed by atoms with van der Waals surface area (Å²) < 4.78 is 23.2. The maximum absolute atomic E-state index is 11.1. The van der Waals surface area contributed by atoms with Crippen LogP contribution in [0, 0.1) is 0 Å². The number of hydrogen-bond acceptors (Lipinski definition) is 3. The lowest BCUT2D eigenvalue weighted by Crippen LogP contribution is -2.36. The van der Waals surface area contributed by atoms with Gasteiger partial charge in [0.2, 0.25) is 0 Å². The monoisotopic (exact) mass is 216 g/mol. The van der Waals surface area contributed by atoms with Gasteiger partial charge in [-0.1, -0.05) is 6.07 Å². The van der Waals surface area contributed by atoms with E-state index in [0.29, 0.717) is 5.69 Å². The molecule has 0 aliphatic carbocycles. The molecule has 0 heterocycles. The Hall–Kier alpha value is -1.27. The SMILES string of the molecule is CCN(c1cccc(O)c1)S(N)(=O)=O. The van der Waals surface area contributed by atoms with E-state index in [2.05, 4.69) is 0 Å². The minimum atomic E-state index is -3.76. The van der Waals surface area contributed by atoms with Crippen LogP contribution in [-0.4, -0.2) is 20.1 Å². The van der Waals surface area contributed by atoms with Gasteiger partial charge in [-0.15, -0.1) is 0 Å². The predicted octanol–water partition coefficient (Wildman–Crippen LogP) is 0.422. The van der Waals surface area contributed by atoms with Crippen LogP contribution in [0.3, 0.4) is 0 Å². The molecule has 0 spiro atoms. The van der Waals surface area contributed by atoms with Gasteiger partial charge in [0.05, 0.1) is 5.69 Å². The molecule has 0 atom stereocenters. The maximum Gasteiger partial charge on any atom is 0.298 e. The molecule has 14 heavy (non-hydrogen) atoms. The van der Waals surface area contributed by atoms with E-state index in [1.165, 1.54) is 12.1 Å². The molecule has 0 aromatic heterocycles. The third-order valence-electron chi connectivity index (χ3n) is 1.71. The third kappa shape index (κ3) is 2.36. The number of phenolic OH excluding ortho intramolecular Hbond substituents is 1. The molecule has 0 unspecified atom stereocenters. The molecule has 0 saturated carbocycles. The first-order valence-corrected chi connectivity index (χ1v) is 5.55. The van der Waals surface area contributed by atoms with Crippen LogP contribution in [0.2, 0.25) is 0 Å². The molecule has 0 radical (unpaired) electrons. The highest BCUT2D eigenvalue weighted by molar-refractivity contribution is 7.90. The van der Waals surface area contributed by atoms with Gasteiger partial charge in [-0.25, -0.2) is 5.14 Å². The van der Waals surface area contributed by atoms with Crippen molar-refractivity contribution in [2.75, 3.05) is 10.8 Å². The zero-order chi connectivity index (χ0) is 10.8. The van der Waals surface area contributed by atoms with E-state index in [4.69, 9.17) is 10.2 Å². The van der Waals surface area contributed by atoms with Crippen molar-refractivity contribution < 1.29 is 13.5 Å². The van der Waals surface area contributed by atoms with Crippen molar-refractivity contribution in [1.29, 1.82) is 0 Å². The molecule has 0 aliphatic rings. The average Bonchev–Trinajstić information content (AvgIpc) is 2.02. The van der Waals surface area contributed by atoms with Crippen molar-refractivity contribution in [2.45, 2.75) is 6.92 Å². The van der Waals surface area contributed by atoms with Gasteiger partial charge in [0.25, 0.3) is 10.2 Å². The fraction of sp³-hybridized carbons (Fsp3) is 0.250. The van der Waals surface area contributed by atoms with Crippen molar-refractivity contribution in [3.63, 3.8) is 0 Å². The summed E-state index contributed by atoms with van der Waals surface area (Å²) >= 11 is 0. The predicted molar refractivity (Wildman–Crippen MR) is 54.2 cm³/mol. The van der Waals surface area contributed by atoms with E-state index in [-0.39, 0.29) is 12.3 Å². The molecular formula is C8H12N2O3S. The molecule has 5 nitrogen and oxygen atoms in total. The molecule has 1 aromatic rings. The molecule has 1 rings (SSSR count). The summed E-state index contributed by atoms with van der Waals surface area (Å²) in [5, 5.41) is 14.1. The molecule has 6 heteroatoms. The van der Waals surface area contributed by atoms with Crippen LogP contribution >= 0.6 is 0 Å². The number of nitrogens with zero attached hydrogens (tertiary/aromatic N) is 1. The van der Waals surface area contributed by atoms with Crippen LogP contribution in [0.5, 0.6) is 5.75 Å². The van der Waals surface area contributed by atoms with Crippen molar-refractivity contribution in [2.24, 2.45) is 5.14 Å². The van der Waals surface area contributed by atoms with Crippen LogP contribution in [-0.2, 0) is 10.2 Å². The summed E-state index contributed by atoms with van der Waals surface area (Å²) in [6.45, 7) is 1.89. The van der Waals surface area contributed by atoms with Gasteiger partial charge >= 0.3 is 0 Å². The smallest absolute Gasteiger partial charge is 0.298 e. The van der Waals surface area contributed by atoms with Gasteiger partial charge in [0.15, 0.2) is 0 Å². The number of hydrogen-bond donors (Lipinski definition) is 2. The van der Waals surface area contributed by atoms with E-state index in [1.807, 2.05) is 0 Å². The van der Waals surface area contributed by atoms with E-state index in [1.54, 1.807) is 19.1 Å². The summed E-state index contributed by atoms with van der Waals surface area (Å²) in [5.74, 6) is 0.00426. The molecule has 0 aliphatic heterocycles. The summed E-state index contributed by atoms with van der Waals surface area (Å²) in [4.78, 5) is 0. The fourth-order valence-electron chi connectivity index (χ4n) is 1.16. The second-order valence-electron chi connectivity index (χ2n) is 2.73. The van der Waals surface area contributed by atoms with Gasteiger partial charge in [-0.05, 0) is 19.1 Å². The number of aromatic hydroxyl groups is 1. The zero-order valence-corrected chi connectivity index (χ0v) is 8.53. The minimum absolute atomic E-state index is 0.00426. The fourth-order valence-corrected chi connectivity index (χ4v) is 1.92. The number of nitrogens with two attached hydrogens (primary N) is 1. The first-order valence-electron chi connectivity index (χ1n) is 4.04. The standard InChI is InChI=1S/C8H12N2O3S/c1-2-10(14(9,12)13)7-4-3-5-8(11)6-7/h3-6,11H,2H2,1H3,(H2,9,12,13). The number of anilines is 1. The molecule has 3 N–H and O–H groups in total. The van der Waals surface area contributed by atoms with Crippen LogP contribution < -0.4 is 9.44 Å². The Bertz CT molecular complexity index is 416. The van der Waals surface area contributed by atoms with Crippen molar-refractivity contribution >= 4 is 15.9 Å². The largest absolute Gasteiger partial charge is 0.508 e. The summed E-state index contributed by atoms with van der Waals surface area (Å²) in [6, 6.07) is 5.92. The van der Waals surface area contributed by atoms with Crippen LogP contribution in [0.1, 0.15) is 6.92 Å². The number of phenols is 1. The molecule has 78 valence electrons. The highest BCUT2D eigenvalue weighted by Gasteiger charge is 2.15. The lowest BCUT2D eigenvalue weighted by Gasteiger charge is -2.19. The molecule has 0 amide bonds. The molecule has 0 bridgehead atoms. The first kappa shape index (κ1) is 10.8. The highest BCUT2D eigenvalue weighted by atomic mass is 32.2. The number of rotatable bonds is 3. The first-order chi connectivity index (χ1) is 6.45. The second kappa shape index (κ2) is 3.85. The van der Waals surface area contributed by atoms with Gasteiger partial charge < -0.3 is 5.11 Å². The number of benzene rings is 1. The Kier molecular flexibility index (Phi) is 2.97. The van der Waals surface area contributed by atoms with Gasteiger partial charge in [0.1, 0.15) is 5.75 Å². The minimum Gasteiger partial charge on any atom is -0.508 e. The average molecular weight is 216 g/mol. The Morgan fingerprint density at radius 1 is 1.50 bits per heavy atom. The Balaban J connectivity index is 3.14. The lowest BCUT2D eigenvalue weighted by atomic mass is 10.3. The maximum atomic E-state index is 11.1. The van der Waals surface area contributed by atoms with E-state index < -0.39 is 10.2 Å². The summed E-state index contributed by atoms with van der Waals surface area (Å²) in [6.07, 6.45) is 0. The normalized spacial score (nSPS) is 11.3. The molecule has 0 saturated heterocycles. The van der Waals surface area contributed by atoms with E-state index in [9.17, 15) is 8.42 Å². The Morgan fingerprint density at radius 3 is 2.57 bits per heavy atom. The summed E-state index contributed by atoms with van der Waals surface area (Å²) in [7, 11) is -3.76. The summed E-state index contributed by atoms with van der Waals surface area (Å²) in [5.41, 5.74) is 0.356. The van der Waals surface area contributed by atoms with Gasteiger partial charge in [-0.3, -0.25) is 4.31 Å². The van der Waals surface area contributed by atoms with Gasteiger partial charge in [-0.2, -0.15) is 8.42 Å². The van der Waals surface area contributed by atoms with E-state index >= 15 is 0 Å². The lowest BCUT2D eigenvalue weighted by molar-refractivity contribution is 0.475. The highest BCUT2D eigenvalue weighted by Crippen LogP contribution is 2.20. The molecular weight excluding hydrogens is 204 g/mol. The van der Waals surface area contributed by atoms with Crippen LogP contribution in [0.4, 0.5) is 5.69 Å². The van der Waals surface area contributed by atoms with Crippen molar-refractivity contribution in [1.82, 2.24) is 0 Å². The molecule has 0 fully saturated rings. The third-order valence-corrected chi connectivity index (χ3v) is 2.80. The topological polar surface area (TPSA) is 83.6 Å².